The molecule has 1 aromatic carbocycles. The normalized spacial score (nSPS) is 28.9. The van der Waals surface area contributed by atoms with E-state index in [2.05, 4.69) is 9.70 Å². The number of rotatable bonds is 1. The highest BCUT2D eigenvalue weighted by Crippen LogP contribution is 2.49. The van der Waals surface area contributed by atoms with Crippen molar-refractivity contribution in [1.29, 1.82) is 5.39 Å². The first-order valence-corrected chi connectivity index (χ1v) is 8.89. The van der Waals surface area contributed by atoms with Gasteiger partial charge >= 0.3 is 5.70 Å². The molecule has 0 radical (unpaired) electrons. The van der Waals surface area contributed by atoms with Crippen LogP contribution in [0.4, 0.5) is 0 Å². The average molecular weight is 328 g/mol. The minimum absolute atomic E-state index is 0.325. The molecule has 5 nitrogen and oxygen atoms in total. The molecule has 0 spiro atoms. The zero-order valence-electron chi connectivity index (χ0n) is 13.2. The number of fused-ring (bicyclic) bond motifs is 1. The van der Waals surface area contributed by atoms with Crippen LogP contribution in [0.1, 0.15) is 26.3 Å². The molecule has 0 amide bonds. The number of diazo groups is 1. The van der Waals surface area contributed by atoms with Crippen LogP contribution in [0, 0.1) is 10.8 Å². The van der Waals surface area contributed by atoms with Crippen molar-refractivity contribution in [3.8, 4) is 0 Å². The van der Waals surface area contributed by atoms with E-state index in [-0.39, 0.29) is 0 Å². The molecule has 118 valence electrons. The number of hydrogen-bond acceptors (Lipinski definition) is 3. The van der Waals surface area contributed by atoms with E-state index >= 15 is 0 Å². The molecule has 1 aromatic rings. The number of hydrogen-bond donors (Lipinski definition) is 1. The first-order chi connectivity index (χ1) is 10.8. The molecule has 1 aliphatic carbocycles. The zero-order chi connectivity index (χ0) is 16.8. The van der Waals surface area contributed by atoms with E-state index in [1.807, 2.05) is 37.3 Å². The first-order valence-electron chi connectivity index (χ1n) is 7.34. The maximum absolute atomic E-state index is 12.8. The van der Waals surface area contributed by atoms with Gasteiger partial charge in [0, 0.05) is 5.56 Å². The standard InChI is InChI=1S/C17H18N3O2S/c1-11-9-12(2)16-17(3,10-11)15(19-18)14(20-23(16,21)22)13-7-5-4-6-8-13/h4-10,16,20H,1-3H3/q+1. The van der Waals surface area contributed by atoms with Gasteiger partial charge in [0.05, 0.1) is 0 Å². The lowest BCUT2D eigenvalue weighted by Gasteiger charge is -2.37. The molecule has 0 saturated heterocycles. The average Bonchev–Trinajstić information content (AvgIpc) is 2.45. The molecular formula is C17H18N3O2S+. The van der Waals surface area contributed by atoms with E-state index in [1.165, 1.54) is 0 Å². The maximum atomic E-state index is 12.8. The minimum Gasteiger partial charge on any atom is -0.275 e. The topological polar surface area (TPSA) is 74.3 Å². The summed E-state index contributed by atoms with van der Waals surface area (Å²) < 4.78 is 28.3. The lowest BCUT2D eigenvalue weighted by molar-refractivity contribution is 0.473. The maximum Gasteiger partial charge on any atom is 0.397 e. The van der Waals surface area contributed by atoms with Crippen molar-refractivity contribution in [1.82, 2.24) is 4.72 Å². The van der Waals surface area contributed by atoms with Crippen LogP contribution in [0.25, 0.3) is 10.7 Å². The zero-order valence-corrected chi connectivity index (χ0v) is 14.1. The van der Waals surface area contributed by atoms with Crippen molar-refractivity contribution in [2.45, 2.75) is 26.0 Å². The van der Waals surface area contributed by atoms with Gasteiger partial charge in [-0.2, -0.15) is 0 Å². The Hall–Kier alpha value is -2.39. The molecule has 2 aliphatic rings. The molecular weight excluding hydrogens is 310 g/mol. The van der Waals surface area contributed by atoms with Gasteiger partial charge in [-0.3, -0.25) is 4.72 Å². The van der Waals surface area contributed by atoms with Gasteiger partial charge in [-0.05, 0) is 20.8 Å². The largest absolute Gasteiger partial charge is 0.397 e. The monoisotopic (exact) mass is 328 g/mol. The predicted octanol–water partition coefficient (Wildman–Crippen LogP) is 3.42. The van der Waals surface area contributed by atoms with E-state index in [0.717, 1.165) is 11.1 Å². The summed E-state index contributed by atoms with van der Waals surface area (Å²) >= 11 is 0. The summed E-state index contributed by atoms with van der Waals surface area (Å²) in [6, 6.07) is 9.04. The van der Waals surface area contributed by atoms with Gasteiger partial charge in [0.15, 0.2) is 4.98 Å². The van der Waals surface area contributed by atoms with Crippen LogP contribution >= 0.6 is 0 Å². The predicted molar refractivity (Wildman–Crippen MR) is 89.9 cm³/mol. The van der Waals surface area contributed by atoms with E-state index in [9.17, 15) is 13.8 Å². The van der Waals surface area contributed by atoms with Crippen LogP contribution in [-0.4, -0.2) is 13.7 Å². The van der Waals surface area contributed by atoms with Crippen LogP contribution in [0.5, 0.6) is 0 Å². The Morgan fingerprint density at radius 2 is 1.87 bits per heavy atom. The van der Waals surface area contributed by atoms with E-state index in [1.54, 1.807) is 26.0 Å². The fourth-order valence-electron chi connectivity index (χ4n) is 3.73. The number of allylic oxidation sites excluding steroid dienone is 3. The van der Waals surface area contributed by atoms with Gasteiger partial charge in [-0.25, -0.2) is 8.42 Å². The molecule has 1 aliphatic heterocycles. The third-order valence-corrected chi connectivity index (χ3v) is 6.38. The van der Waals surface area contributed by atoms with Crippen LogP contribution in [-0.2, 0) is 10.0 Å². The highest BCUT2D eigenvalue weighted by molar-refractivity contribution is 7.90. The summed E-state index contributed by atoms with van der Waals surface area (Å²) in [6.45, 7) is 5.51. The van der Waals surface area contributed by atoms with Gasteiger partial charge in [0.1, 0.15) is 16.4 Å². The Morgan fingerprint density at radius 3 is 2.48 bits per heavy atom. The van der Waals surface area contributed by atoms with Crippen molar-refractivity contribution < 1.29 is 8.42 Å². The Labute approximate surface area is 136 Å². The number of sulfonamides is 1. The van der Waals surface area contributed by atoms with Gasteiger partial charge in [0.25, 0.3) is 0 Å². The fraction of sp³-hybridized carbons (Fsp3) is 0.294. The van der Waals surface area contributed by atoms with Crippen molar-refractivity contribution >= 4 is 15.7 Å². The fourth-order valence-corrected chi connectivity index (χ4v) is 5.73. The molecule has 2 unspecified atom stereocenters. The third kappa shape index (κ3) is 2.28. The molecule has 3 rings (SSSR count). The highest BCUT2D eigenvalue weighted by Gasteiger charge is 2.58. The van der Waals surface area contributed by atoms with E-state index < -0.39 is 20.7 Å². The van der Waals surface area contributed by atoms with Crippen LogP contribution in [0.2, 0.25) is 0 Å². The van der Waals surface area contributed by atoms with Gasteiger partial charge < -0.3 is 0 Å². The van der Waals surface area contributed by atoms with Crippen LogP contribution in [0.3, 0.4) is 0 Å². The summed E-state index contributed by atoms with van der Waals surface area (Å²) in [5.74, 6) is 0. The smallest absolute Gasteiger partial charge is 0.275 e. The molecule has 1 N–H and O–H groups in total. The minimum atomic E-state index is -3.65. The molecule has 2 atom stereocenters. The molecule has 0 bridgehead atoms. The lowest BCUT2D eigenvalue weighted by atomic mass is 9.74. The number of nitrogens with one attached hydrogen (secondary N) is 1. The van der Waals surface area contributed by atoms with Crippen molar-refractivity contribution in [2.75, 3.05) is 0 Å². The molecule has 23 heavy (non-hydrogen) atoms. The molecule has 0 fully saturated rings. The summed E-state index contributed by atoms with van der Waals surface area (Å²) in [6.07, 6.45) is 3.72. The quantitative estimate of drug-likeness (QED) is 0.803. The lowest BCUT2D eigenvalue weighted by Crippen LogP contribution is -2.50. The molecule has 1 heterocycles. The van der Waals surface area contributed by atoms with Gasteiger partial charge in [-0.15, -0.1) is 0 Å². The van der Waals surface area contributed by atoms with Gasteiger partial charge in [0.2, 0.25) is 15.4 Å². The van der Waals surface area contributed by atoms with Crippen LogP contribution < -0.4 is 4.72 Å². The number of benzene rings is 1. The van der Waals surface area contributed by atoms with Crippen LogP contribution in [0.15, 0.2) is 59.3 Å². The second kappa shape index (κ2) is 5.07. The summed E-state index contributed by atoms with van der Waals surface area (Å²) in [4.78, 5) is 3.48. The third-order valence-electron chi connectivity index (χ3n) is 4.41. The number of nitrogens with zero attached hydrogens (tertiary/aromatic N) is 2. The highest BCUT2D eigenvalue weighted by atomic mass is 32.2. The summed E-state index contributed by atoms with van der Waals surface area (Å²) in [7, 11) is -3.65. The molecule has 6 heteroatoms. The Kier molecular flexibility index (Phi) is 3.42. The molecule has 0 saturated carbocycles. The van der Waals surface area contributed by atoms with Gasteiger partial charge in [-0.1, -0.05) is 53.6 Å². The van der Waals surface area contributed by atoms with E-state index in [0.29, 0.717) is 17.0 Å². The Morgan fingerprint density at radius 1 is 1.22 bits per heavy atom. The Balaban J connectivity index is 2.35. The van der Waals surface area contributed by atoms with E-state index in [4.69, 9.17) is 0 Å². The first kappa shape index (κ1) is 15.5. The second-order valence-electron chi connectivity index (χ2n) is 6.28. The Bertz CT molecular complexity index is 905. The summed E-state index contributed by atoms with van der Waals surface area (Å²) in [5.41, 5.74) is 2.08. The second-order valence-corrected chi connectivity index (χ2v) is 8.04. The van der Waals surface area contributed by atoms with Crippen molar-refractivity contribution in [2.24, 2.45) is 5.41 Å². The summed E-state index contributed by atoms with van der Waals surface area (Å²) in [5, 5.41) is 8.86. The van der Waals surface area contributed by atoms with Crippen molar-refractivity contribution in [3.63, 3.8) is 0 Å². The SMILES string of the molecule is CC1=CC2(C)C([N+]#N)=C(c3ccccc3)NS(=O)(=O)C2C(C)=C1. The molecule has 0 aromatic heterocycles. The van der Waals surface area contributed by atoms with Crippen molar-refractivity contribution in [3.05, 3.63) is 69.9 Å².